The van der Waals surface area contributed by atoms with Gasteiger partial charge in [-0.15, -0.1) is 0 Å². The van der Waals surface area contributed by atoms with Crippen molar-refractivity contribution in [2.45, 2.75) is 24.7 Å². The van der Waals surface area contributed by atoms with Crippen LogP contribution in [0.2, 0.25) is 0 Å². The first-order chi connectivity index (χ1) is 7.07. The van der Waals surface area contributed by atoms with Crippen molar-refractivity contribution < 1.29 is 14.3 Å². The van der Waals surface area contributed by atoms with Gasteiger partial charge in [-0.2, -0.15) is 0 Å². The first-order valence-electron chi connectivity index (χ1n) is 4.78. The highest BCUT2D eigenvalue weighted by Gasteiger charge is 2.41. The molecule has 2 rings (SSSR count). The minimum absolute atomic E-state index is 0.0719. The van der Waals surface area contributed by atoms with Crippen LogP contribution in [0.3, 0.4) is 0 Å². The maximum Gasteiger partial charge on any atom is 0.304 e. The molecule has 1 aromatic rings. The zero-order valence-electron chi connectivity index (χ0n) is 8.12. The monoisotopic (exact) mass is 273 g/mol. The Bertz CT molecular complexity index is 401. The number of hydrogen-bond donors (Lipinski definition) is 2. The molecule has 3 N–H and O–H groups in total. The Kier molecular flexibility index (Phi) is 2.60. The molecular formula is C10H12BrNO3. The zero-order chi connectivity index (χ0) is 11.1. The second-order valence-electron chi connectivity index (χ2n) is 3.94. The number of halogens is 1. The standard InChI is InChI=1S/C10H12BrNO3/c11-8-3-6-7(15-8)1-2-10(6,5-12)4-9(13)14/h3H,1-2,4-5,12H2,(H,13,14). The van der Waals surface area contributed by atoms with Crippen LogP contribution in [0.1, 0.15) is 24.2 Å². The van der Waals surface area contributed by atoms with Crippen LogP contribution >= 0.6 is 15.9 Å². The quantitative estimate of drug-likeness (QED) is 0.878. The van der Waals surface area contributed by atoms with Gasteiger partial charge in [0.1, 0.15) is 5.76 Å². The Morgan fingerprint density at radius 1 is 1.73 bits per heavy atom. The maximum absolute atomic E-state index is 10.8. The highest BCUT2D eigenvalue weighted by Crippen LogP contribution is 2.43. The molecule has 0 radical (unpaired) electrons. The number of carboxylic acids is 1. The Hall–Kier alpha value is -0.810. The highest BCUT2D eigenvalue weighted by atomic mass is 79.9. The van der Waals surface area contributed by atoms with Gasteiger partial charge in [-0.05, 0) is 28.4 Å². The van der Waals surface area contributed by atoms with Crippen LogP contribution in [-0.4, -0.2) is 17.6 Å². The number of rotatable bonds is 3. The van der Waals surface area contributed by atoms with Crippen molar-refractivity contribution in [2.75, 3.05) is 6.54 Å². The molecule has 1 unspecified atom stereocenters. The second kappa shape index (κ2) is 3.64. The van der Waals surface area contributed by atoms with Gasteiger partial charge in [0.15, 0.2) is 4.67 Å². The lowest BCUT2D eigenvalue weighted by Gasteiger charge is -2.25. The largest absolute Gasteiger partial charge is 0.481 e. The molecule has 1 aliphatic carbocycles. The molecule has 0 bridgehead atoms. The van der Waals surface area contributed by atoms with Crippen LogP contribution in [0, 0.1) is 0 Å². The zero-order valence-corrected chi connectivity index (χ0v) is 9.71. The van der Waals surface area contributed by atoms with Crippen LogP contribution in [0.4, 0.5) is 0 Å². The Labute approximate surface area is 95.6 Å². The third-order valence-corrected chi connectivity index (χ3v) is 3.45. The molecule has 1 aromatic heterocycles. The minimum Gasteiger partial charge on any atom is -0.481 e. The molecule has 5 heteroatoms. The predicted molar refractivity (Wildman–Crippen MR) is 57.7 cm³/mol. The van der Waals surface area contributed by atoms with E-state index in [1.165, 1.54) is 0 Å². The van der Waals surface area contributed by atoms with Gasteiger partial charge in [0.25, 0.3) is 0 Å². The summed E-state index contributed by atoms with van der Waals surface area (Å²) in [5, 5.41) is 8.90. The number of fused-ring (bicyclic) bond motifs is 1. The van der Waals surface area contributed by atoms with Gasteiger partial charge >= 0.3 is 5.97 Å². The van der Waals surface area contributed by atoms with Crippen LogP contribution in [0.15, 0.2) is 15.2 Å². The van der Waals surface area contributed by atoms with Gasteiger partial charge < -0.3 is 15.3 Å². The lowest BCUT2D eigenvalue weighted by Crippen LogP contribution is -2.35. The van der Waals surface area contributed by atoms with Crippen molar-refractivity contribution in [3.8, 4) is 0 Å². The van der Waals surface area contributed by atoms with Crippen molar-refractivity contribution in [3.05, 3.63) is 22.1 Å². The van der Waals surface area contributed by atoms with Crippen molar-refractivity contribution in [2.24, 2.45) is 5.73 Å². The molecule has 0 saturated heterocycles. The fourth-order valence-corrected chi connectivity index (χ4v) is 2.70. The molecule has 1 atom stereocenters. The van der Waals surface area contributed by atoms with E-state index in [9.17, 15) is 4.79 Å². The van der Waals surface area contributed by atoms with Gasteiger partial charge in [0.2, 0.25) is 0 Å². The third-order valence-electron chi connectivity index (χ3n) is 3.06. The molecule has 82 valence electrons. The fourth-order valence-electron chi connectivity index (χ4n) is 2.28. The molecule has 0 spiro atoms. The van der Waals surface area contributed by atoms with E-state index in [1.807, 2.05) is 6.07 Å². The smallest absolute Gasteiger partial charge is 0.304 e. The first kappa shape index (κ1) is 10.7. The molecule has 15 heavy (non-hydrogen) atoms. The molecule has 0 aliphatic heterocycles. The SMILES string of the molecule is NCC1(CC(=O)O)CCc2oc(Br)cc21. The number of aryl methyl sites for hydroxylation is 1. The summed E-state index contributed by atoms with van der Waals surface area (Å²) >= 11 is 3.25. The van der Waals surface area contributed by atoms with Gasteiger partial charge in [-0.1, -0.05) is 0 Å². The van der Waals surface area contributed by atoms with Crippen LogP contribution < -0.4 is 5.73 Å². The van der Waals surface area contributed by atoms with Crippen LogP contribution in [-0.2, 0) is 16.6 Å². The van der Waals surface area contributed by atoms with Crippen molar-refractivity contribution in [1.29, 1.82) is 0 Å². The second-order valence-corrected chi connectivity index (χ2v) is 4.72. The van der Waals surface area contributed by atoms with Gasteiger partial charge in [-0.25, -0.2) is 0 Å². The highest BCUT2D eigenvalue weighted by molar-refractivity contribution is 9.10. The Balaban J connectivity index is 2.39. The van der Waals surface area contributed by atoms with E-state index in [0.717, 1.165) is 24.2 Å². The van der Waals surface area contributed by atoms with Crippen molar-refractivity contribution in [3.63, 3.8) is 0 Å². The lowest BCUT2D eigenvalue weighted by molar-refractivity contribution is -0.138. The molecule has 0 fully saturated rings. The summed E-state index contributed by atoms with van der Waals surface area (Å²) in [6.45, 7) is 0.346. The fraction of sp³-hybridized carbons (Fsp3) is 0.500. The number of carbonyl (C=O) groups is 1. The Morgan fingerprint density at radius 3 is 3.07 bits per heavy atom. The molecule has 1 aliphatic rings. The normalized spacial score (nSPS) is 24.1. The van der Waals surface area contributed by atoms with Crippen molar-refractivity contribution in [1.82, 2.24) is 0 Å². The van der Waals surface area contributed by atoms with E-state index in [0.29, 0.717) is 11.2 Å². The van der Waals surface area contributed by atoms with Gasteiger partial charge in [0.05, 0.1) is 6.42 Å². The lowest BCUT2D eigenvalue weighted by atomic mass is 9.80. The molecule has 0 amide bonds. The third kappa shape index (κ3) is 1.70. The summed E-state index contributed by atoms with van der Waals surface area (Å²) in [5.41, 5.74) is 6.24. The molecule has 0 saturated carbocycles. The summed E-state index contributed by atoms with van der Waals surface area (Å²) in [6.07, 6.45) is 1.60. The predicted octanol–water partition coefficient (Wildman–Crippen LogP) is 1.66. The molecule has 1 heterocycles. The summed E-state index contributed by atoms with van der Waals surface area (Å²) in [7, 11) is 0. The average Bonchev–Trinajstić information content (AvgIpc) is 2.65. The van der Waals surface area contributed by atoms with E-state index in [2.05, 4.69) is 15.9 Å². The summed E-state index contributed by atoms with van der Waals surface area (Å²) < 4.78 is 6.08. The van der Waals surface area contributed by atoms with Gasteiger partial charge in [-0.3, -0.25) is 4.79 Å². The van der Waals surface area contributed by atoms with Crippen LogP contribution in [0.5, 0.6) is 0 Å². The molecule has 4 nitrogen and oxygen atoms in total. The average molecular weight is 274 g/mol. The summed E-state index contributed by atoms with van der Waals surface area (Å²) in [5.74, 6) is 0.0548. The van der Waals surface area contributed by atoms with E-state index in [-0.39, 0.29) is 6.42 Å². The van der Waals surface area contributed by atoms with Crippen molar-refractivity contribution >= 4 is 21.9 Å². The van der Waals surface area contributed by atoms with Gasteiger partial charge in [0, 0.05) is 23.9 Å². The summed E-state index contributed by atoms with van der Waals surface area (Å²) in [6, 6.07) is 1.85. The number of aliphatic carboxylic acids is 1. The topological polar surface area (TPSA) is 76.5 Å². The number of furan rings is 1. The number of hydrogen-bond acceptors (Lipinski definition) is 3. The minimum atomic E-state index is -0.814. The van der Waals surface area contributed by atoms with E-state index >= 15 is 0 Å². The van der Waals surface area contributed by atoms with E-state index in [4.69, 9.17) is 15.3 Å². The van der Waals surface area contributed by atoms with E-state index in [1.54, 1.807) is 0 Å². The number of nitrogens with two attached hydrogens (primary N) is 1. The number of carboxylic acid groups (broad SMARTS) is 1. The van der Waals surface area contributed by atoms with E-state index < -0.39 is 11.4 Å². The summed E-state index contributed by atoms with van der Waals surface area (Å²) in [4.78, 5) is 10.8. The molecule has 0 aromatic carbocycles. The maximum atomic E-state index is 10.8. The van der Waals surface area contributed by atoms with Crippen LogP contribution in [0.25, 0.3) is 0 Å². The molecular weight excluding hydrogens is 262 g/mol. The Morgan fingerprint density at radius 2 is 2.47 bits per heavy atom. The first-order valence-corrected chi connectivity index (χ1v) is 5.57.